The van der Waals surface area contributed by atoms with Crippen molar-refractivity contribution in [1.29, 1.82) is 0 Å². The van der Waals surface area contributed by atoms with Gasteiger partial charge in [0.2, 0.25) is 10.0 Å². The van der Waals surface area contributed by atoms with Crippen LogP contribution < -0.4 is 4.74 Å². The van der Waals surface area contributed by atoms with Crippen molar-refractivity contribution in [3.8, 4) is 5.75 Å². The van der Waals surface area contributed by atoms with Crippen molar-refractivity contribution in [2.75, 3.05) is 20.7 Å². The molecule has 0 aliphatic carbocycles. The van der Waals surface area contributed by atoms with E-state index in [2.05, 4.69) is 6.58 Å². The van der Waals surface area contributed by atoms with E-state index in [1.165, 1.54) is 36.7 Å². The molecule has 0 spiro atoms. The number of nitrogens with zero attached hydrogens (tertiary/aromatic N) is 1. The maximum atomic E-state index is 12.3. The van der Waals surface area contributed by atoms with Crippen LogP contribution in [-0.2, 0) is 16.6 Å². The third-order valence-corrected chi connectivity index (χ3v) is 4.33. The van der Waals surface area contributed by atoms with Crippen molar-refractivity contribution < 1.29 is 18.3 Å². The van der Waals surface area contributed by atoms with Gasteiger partial charge in [-0.1, -0.05) is 12.1 Å². The van der Waals surface area contributed by atoms with Crippen LogP contribution in [0.5, 0.6) is 5.75 Å². The number of hydrogen-bond acceptors (Lipinski definition) is 4. The standard InChI is InChI=1S/C12H17NO4S/c1-4-7-13(2)18(15,16)12-8-10(9-14)5-6-11(12)17-3/h4-6,8,14H,1,7,9H2,2-3H3. The van der Waals surface area contributed by atoms with Crippen LogP contribution in [0.4, 0.5) is 0 Å². The highest BCUT2D eigenvalue weighted by Crippen LogP contribution is 2.27. The lowest BCUT2D eigenvalue weighted by Gasteiger charge is -2.17. The van der Waals surface area contributed by atoms with Gasteiger partial charge in [0.1, 0.15) is 10.6 Å². The monoisotopic (exact) mass is 271 g/mol. The second-order valence-corrected chi connectivity index (χ2v) is 5.73. The van der Waals surface area contributed by atoms with E-state index in [0.29, 0.717) is 5.56 Å². The molecule has 5 nitrogen and oxygen atoms in total. The second-order valence-electron chi connectivity index (χ2n) is 3.72. The number of sulfonamides is 1. The van der Waals surface area contributed by atoms with Gasteiger partial charge < -0.3 is 9.84 Å². The summed E-state index contributed by atoms with van der Waals surface area (Å²) < 4.78 is 30.8. The van der Waals surface area contributed by atoms with Gasteiger partial charge >= 0.3 is 0 Å². The maximum Gasteiger partial charge on any atom is 0.246 e. The minimum Gasteiger partial charge on any atom is -0.495 e. The fourth-order valence-electron chi connectivity index (χ4n) is 1.47. The van der Waals surface area contributed by atoms with E-state index in [0.717, 1.165) is 0 Å². The van der Waals surface area contributed by atoms with Gasteiger partial charge in [-0.05, 0) is 17.7 Å². The summed E-state index contributed by atoms with van der Waals surface area (Å²) in [6.07, 6.45) is 1.50. The molecule has 0 aliphatic heterocycles. The Labute approximate surface area is 107 Å². The lowest BCUT2D eigenvalue weighted by molar-refractivity contribution is 0.281. The summed E-state index contributed by atoms with van der Waals surface area (Å²) in [6, 6.07) is 4.55. The van der Waals surface area contributed by atoms with Gasteiger partial charge in [0.05, 0.1) is 13.7 Å². The number of likely N-dealkylation sites (N-methyl/N-ethyl adjacent to an activating group) is 1. The van der Waals surface area contributed by atoms with E-state index in [9.17, 15) is 8.42 Å². The Balaban J connectivity index is 3.33. The molecule has 0 radical (unpaired) electrons. The SMILES string of the molecule is C=CCN(C)S(=O)(=O)c1cc(CO)ccc1OC. The van der Waals surface area contributed by atoms with Crippen molar-refractivity contribution in [1.82, 2.24) is 4.31 Å². The van der Waals surface area contributed by atoms with Gasteiger partial charge in [-0.2, -0.15) is 4.31 Å². The van der Waals surface area contributed by atoms with E-state index in [1.54, 1.807) is 6.07 Å². The minimum absolute atomic E-state index is 0.0425. The number of benzene rings is 1. The fraction of sp³-hybridized carbons (Fsp3) is 0.333. The molecule has 18 heavy (non-hydrogen) atoms. The van der Waals surface area contributed by atoms with Crippen LogP contribution in [0.2, 0.25) is 0 Å². The molecule has 0 amide bonds. The van der Waals surface area contributed by atoms with Crippen LogP contribution in [0.3, 0.4) is 0 Å². The first-order valence-corrected chi connectivity index (χ1v) is 6.76. The molecule has 0 saturated heterocycles. The molecule has 0 aliphatic rings. The predicted molar refractivity (Wildman–Crippen MR) is 68.9 cm³/mol. The third-order valence-electron chi connectivity index (χ3n) is 2.49. The molecule has 0 aromatic heterocycles. The van der Waals surface area contributed by atoms with E-state index in [1.807, 2.05) is 0 Å². The highest BCUT2D eigenvalue weighted by Gasteiger charge is 2.24. The number of methoxy groups -OCH3 is 1. The zero-order valence-corrected chi connectivity index (χ0v) is 11.3. The second kappa shape index (κ2) is 5.99. The first kappa shape index (κ1) is 14.7. The largest absolute Gasteiger partial charge is 0.495 e. The van der Waals surface area contributed by atoms with Gasteiger partial charge in [-0.3, -0.25) is 0 Å². The van der Waals surface area contributed by atoms with E-state index in [-0.39, 0.29) is 23.8 Å². The highest BCUT2D eigenvalue weighted by atomic mass is 32.2. The third kappa shape index (κ3) is 2.90. The lowest BCUT2D eigenvalue weighted by Crippen LogP contribution is -2.27. The average molecular weight is 271 g/mol. The molecular weight excluding hydrogens is 254 g/mol. The van der Waals surface area contributed by atoms with Crippen LogP contribution in [0.1, 0.15) is 5.56 Å². The quantitative estimate of drug-likeness (QED) is 0.784. The number of aliphatic hydroxyl groups excluding tert-OH is 1. The Kier molecular flexibility index (Phi) is 4.89. The topological polar surface area (TPSA) is 66.8 Å². The van der Waals surface area contributed by atoms with Crippen LogP contribution in [0.25, 0.3) is 0 Å². The van der Waals surface area contributed by atoms with Crippen molar-refractivity contribution in [3.05, 3.63) is 36.4 Å². The molecule has 0 bridgehead atoms. The van der Waals surface area contributed by atoms with Crippen LogP contribution >= 0.6 is 0 Å². The smallest absolute Gasteiger partial charge is 0.246 e. The fourth-order valence-corrected chi connectivity index (χ4v) is 2.81. The Bertz CT molecular complexity index is 525. The Morgan fingerprint density at radius 1 is 1.50 bits per heavy atom. The maximum absolute atomic E-state index is 12.3. The summed E-state index contributed by atoms with van der Waals surface area (Å²) >= 11 is 0. The summed E-state index contributed by atoms with van der Waals surface area (Å²) in [4.78, 5) is 0.0425. The van der Waals surface area contributed by atoms with Crippen molar-refractivity contribution >= 4 is 10.0 Å². The molecule has 0 heterocycles. The number of aliphatic hydroxyl groups is 1. The molecule has 0 fully saturated rings. The predicted octanol–water partition coefficient (Wildman–Crippen LogP) is 0.994. The molecule has 0 atom stereocenters. The summed E-state index contributed by atoms with van der Waals surface area (Å²) in [7, 11) is -0.787. The number of ether oxygens (including phenoxy) is 1. The van der Waals surface area contributed by atoms with Crippen LogP contribution in [0.15, 0.2) is 35.7 Å². The summed E-state index contributed by atoms with van der Waals surface area (Å²) in [5.41, 5.74) is 0.515. The summed E-state index contributed by atoms with van der Waals surface area (Å²) in [5, 5.41) is 9.07. The van der Waals surface area contributed by atoms with Gasteiger partial charge in [0, 0.05) is 13.6 Å². The van der Waals surface area contributed by atoms with E-state index in [4.69, 9.17) is 9.84 Å². The molecule has 1 aromatic rings. The molecule has 0 unspecified atom stereocenters. The van der Waals surface area contributed by atoms with Crippen molar-refractivity contribution in [2.45, 2.75) is 11.5 Å². The number of hydrogen-bond donors (Lipinski definition) is 1. The normalized spacial score (nSPS) is 11.6. The summed E-state index contributed by atoms with van der Waals surface area (Å²) in [5.74, 6) is 0.253. The highest BCUT2D eigenvalue weighted by molar-refractivity contribution is 7.89. The molecule has 6 heteroatoms. The van der Waals surface area contributed by atoms with E-state index < -0.39 is 10.0 Å². The Morgan fingerprint density at radius 3 is 2.67 bits per heavy atom. The zero-order chi connectivity index (χ0) is 13.8. The molecule has 1 rings (SSSR count). The number of rotatable bonds is 6. The van der Waals surface area contributed by atoms with Gasteiger partial charge in [0.15, 0.2) is 0 Å². The van der Waals surface area contributed by atoms with Crippen molar-refractivity contribution in [3.63, 3.8) is 0 Å². The van der Waals surface area contributed by atoms with Gasteiger partial charge in [-0.15, -0.1) is 6.58 Å². The first-order chi connectivity index (χ1) is 8.47. The van der Waals surface area contributed by atoms with Crippen LogP contribution in [0, 0.1) is 0 Å². The molecule has 1 N–H and O–H groups in total. The zero-order valence-electron chi connectivity index (χ0n) is 10.5. The minimum atomic E-state index is -3.65. The molecule has 0 saturated carbocycles. The molecule has 1 aromatic carbocycles. The van der Waals surface area contributed by atoms with Gasteiger partial charge in [-0.25, -0.2) is 8.42 Å². The van der Waals surface area contributed by atoms with Crippen LogP contribution in [-0.4, -0.2) is 38.5 Å². The summed E-state index contributed by atoms with van der Waals surface area (Å²) in [6.45, 7) is 3.49. The Hall–Kier alpha value is -1.37. The molecule has 100 valence electrons. The Morgan fingerprint density at radius 2 is 2.17 bits per heavy atom. The average Bonchev–Trinajstić information content (AvgIpc) is 2.38. The first-order valence-electron chi connectivity index (χ1n) is 5.32. The molecular formula is C12H17NO4S. The van der Waals surface area contributed by atoms with Gasteiger partial charge in [0.25, 0.3) is 0 Å². The van der Waals surface area contributed by atoms with Crippen molar-refractivity contribution in [2.24, 2.45) is 0 Å². The van der Waals surface area contributed by atoms with E-state index >= 15 is 0 Å². The lowest BCUT2D eigenvalue weighted by atomic mass is 10.2.